The Bertz CT molecular complexity index is 705. The topological polar surface area (TPSA) is 96.2 Å². The summed E-state index contributed by atoms with van der Waals surface area (Å²) in [6, 6.07) is 3.76. The monoisotopic (exact) mass is 526 g/mol. The van der Waals surface area contributed by atoms with Gasteiger partial charge >= 0.3 is 0 Å². The molecule has 28 heavy (non-hydrogen) atoms. The van der Waals surface area contributed by atoms with Crippen molar-refractivity contribution in [2.24, 2.45) is 4.99 Å². The number of hydrogen-bond donors (Lipinski definition) is 2. The maximum Gasteiger partial charge on any atom is 0.211 e. The van der Waals surface area contributed by atoms with Gasteiger partial charge in [-0.25, -0.2) is 8.42 Å². The van der Waals surface area contributed by atoms with Crippen LogP contribution in [0, 0.1) is 0 Å². The highest BCUT2D eigenvalue weighted by molar-refractivity contribution is 14.0. The first-order valence-electron chi connectivity index (χ1n) is 9.65. The molecule has 1 aromatic rings. The van der Waals surface area contributed by atoms with E-state index >= 15 is 0 Å². The van der Waals surface area contributed by atoms with Gasteiger partial charge in [0.1, 0.15) is 5.76 Å². The number of halogens is 1. The molecule has 1 unspecified atom stereocenters. The largest absolute Gasteiger partial charge is 0.469 e. The normalized spacial score (nSPS) is 23.5. The summed E-state index contributed by atoms with van der Waals surface area (Å²) < 4.78 is 36.4. The van der Waals surface area contributed by atoms with Crippen LogP contribution in [0.5, 0.6) is 0 Å². The summed E-state index contributed by atoms with van der Waals surface area (Å²) in [6.45, 7) is 3.24. The fourth-order valence-corrected chi connectivity index (χ4v) is 4.75. The van der Waals surface area contributed by atoms with Gasteiger partial charge in [0.15, 0.2) is 5.96 Å². The number of guanidine groups is 1. The fourth-order valence-electron chi connectivity index (χ4n) is 3.57. The first-order valence-corrected chi connectivity index (χ1v) is 11.5. The molecule has 0 bridgehead atoms. The van der Waals surface area contributed by atoms with E-state index in [-0.39, 0.29) is 36.1 Å². The van der Waals surface area contributed by atoms with E-state index in [1.807, 2.05) is 12.1 Å². The molecule has 0 spiro atoms. The molecule has 2 aliphatic heterocycles. The molecule has 0 aromatic carbocycles. The second-order valence-electron chi connectivity index (χ2n) is 7.13. The van der Waals surface area contributed by atoms with Crippen LogP contribution in [0.15, 0.2) is 27.8 Å². The molecule has 2 saturated heterocycles. The molecular formula is C18H31IN4O4S. The molecule has 2 aliphatic rings. The Morgan fingerprint density at radius 1 is 1.32 bits per heavy atom. The van der Waals surface area contributed by atoms with Crippen molar-refractivity contribution in [1.82, 2.24) is 14.9 Å². The minimum atomic E-state index is -3.18. The van der Waals surface area contributed by atoms with Gasteiger partial charge in [-0.1, -0.05) is 0 Å². The van der Waals surface area contributed by atoms with Crippen molar-refractivity contribution in [3.63, 3.8) is 0 Å². The number of sulfonamides is 1. The molecule has 0 saturated carbocycles. The Labute approximate surface area is 184 Å². The highest BCUT2D eigenvalue weighted by Crippen LogP contribution is 2.20. The number of ether oxygens (including phenoxy) is 1. The summed E-state index contributed by atoms with van der Waals surface area (Å²) in [5.41, 5.74) is 0. The zero-order valence-electron chi connectivity index (χ0n) is 16.3. The zero-order chi connectivity index (χ0) is 19.1. The molecule has 0 aliphatic carbocycles. The number of rotatable bonds is 8. The van der Waals surface area contributed by atoms with Crippen LogP contribution in [0.1, 0.15) is 31.4 Å². The first kappa shape index (κ1) is 23.4. The van der Waals surface area contributed by atoms with E-state index in [4.69, 9.17) is 9.15 Å². The van der Waals surface area contributed by atoms with Gasteiger partial charge < -0.3 is 19.8 Å². The van der Waals surface area contributed by atoms with Crippen molar-refractivity contribution in [2.45, 2.75) is 44.2 Å². The lowest BCUT2D eigenvalue weighted by molar-refractivity contribution is 0.114. The second kappa shape index (κ2) is 11.4. The minimum Gasteiger partial charge on any atom is -0.469 e. The van der Waals surface area contributed by atoms with Crippen LogP contribution in [-0.4, -0.2) is 69.9 Å². The summed E-state index contributed by atoms with van der Waals surface area (Å²) >= 11 is 0. The molecule has 0 amide bonds. The summed E-state index contributed by atoms with van der Waals surface area (Å²) in [4.78, 5) is 4.65. The lowest BCUT2D eigenvalue weighted by Crippen LogP contribution is -2.43. The molecule has 3 heterocycles. The van der Waals surface area contributed by atoms with Crippen LogP contribution >= 0.6 is 24.0 Å². The molecule has 160 valence electrons. The third-order valence-electron chi connectivity index (χ3n) is 4.97. The first-order chi connectivity index (χ1) is 13.0. The van der Waals surface area contributed by atoms with Crippen LogP contribution < -0.4 is 10.6 Å². The highest BCUT2D eigenvalue weighted by Gasteiger charge is 2.31. The molecule has 0 radical (unpaired) electrons. The number of hydrogen-bond acceptors (Lipinski definition) is 5. The average Bonchev–Trinajstić information content (AvgIpc) is 3.38. The molecule has 2 fully saturated rings. The van der Waals surface area contributed by atoms with Crippen molar-refractivity contribution in [1.29, 1.82) is 0 Å². The maximum atomic E-state index is 11.9. The Kier molecular flexibility index (Phi) is 9.51. The Morgan fingerprint density at radius 3 is 2.86 bits per heavy atom. The van der Waals surface area contributed by atoms with E-state index in [0.29, 0.717) is 32.1 Å². The average molecular weight is 526 g/mol. The third-order valence-corrected chi connectivity index (χ3v) is 6.31. The Morgan fingerprint density at radius 2 is 2.18 bits per heavy atom. The Balaban J connectivity index is 0.00000280. The summed E-state index contributed by atoms with van der Waals surface area (Å²) in [7, 11) is -3.18. The molecule has 8 nitrogen and oxygen atoms in total. The molecule has 2 atom stereocenters. The molecular weight excluding hydrogens is 495 g/mol. The number of nitrogens with zero attached hydrogens (tertiary/aromatic N) is 2. The standard InChI is InChI=1S/C18H30N4O4S.HI/c1-27(23,24)22-10-2-5-15(22)13-20-18(21-14-17-7-4-12-26-17)19-9-8-16-6-3-11-25-16;/h3,6,11,15,17H,2,4-5,7-10,12-14H2,1H3,(H2,19,20,21);1H/t15-,17?;/m1./s1. The van der Waals surface area contributed by atoms with E-state index in [1.54, 1.807) is 10.6 Å². The van der Waals surface area contributed by atoms with Gasteiger partial charge in [0.2, 0.25) is 10.0 Å². The SMILES string of the molecule is CS(=O)(=O)N1CCC[C@@H]1CN=C(NCCc1ccco1)NCC1CCCO1.I. The van der Waals surface area contributed by atoms with Gasteiger partial charge in [-0.15, -0.1) is 24.0 Å². The number of nitrogens with one attached hydrogen (secondary N) is 2. The number of furan rings is 1. The van der Waals surface area contributed by atoms with Gasteiger partial charge in [0.25, 0.3) is 0 Å². The van der Waals surface area contributed by atoms with Gasteiger partial charge in [0, 0.05) is 38.7 Å². The van der Waals surface area contributed by atoms with Crippen molar-refractivity contribution in [3.05, 3.63) is 24.2 Å². The third kappa shape index (κ3) is 7.20. The van der Waals surface area contributed by atoms with E-state index in [1.165, 1.54) is 6.26 Å². The van der Waals surface area contributed by atoms with E-state index < -0.39 is 10.0 Å². The van der Waals surface area contributed by atoms with Gasteiger partial charge in [-0.3, -0.25) is 4.99 Å². The van der Waals surface area contributed by atoms with E-state index in [9.17, 15) is 8.42 Å². The summed E-state index contributed by atoms with van der Waals surface area (Å²) in [6.07, 6.45) is 7.79. The predicted molar refractivity (Wildman–Crippen MR) is 120 cm³/mol. The molecule has 10 heteroatoms. The zero-order valence-corrected chi connectivity index (χ0v) is 19.4. The summed E-state index contributed by atoms with van der Waals surface area (Å²) in [5, 5.41) is 6.65. The minimum absolute atomic E-state index is 0. The second-order valence-corrected chi connectivity index (χ2v) is 9.07. The van der Waals surface area contributed by atoms with Gasteiger partial charge in [-0.05, 0) is 37.8 Å². The lowest BCUT2D eigenvalue weighted by atomic mass is 10.2. The molecule has 2 N–H and O–H groups in total. The van der Waals surface area contributed by atoms with Crippen LogP contribution in [-0.2, 0) is 21.2 Å². The fraction of sp³-hybridized carbons (Fsp3) is 0.722. The summed E-state index contributed by atoms with van der Waals surface area (Å²) in [5.74, 6) is 1.61. The van der Waals surface area contributed by atoms with Crippen molar-refractivity contribution in [3.8, 4) is 0 Å². The maximum absolute atomic E-state index is 11.9. The van der Waals surface area contributed by atoms with Crippen LogP contribution in [0.4, 0.5) is 0 Å². The quantitative estimate of drug-likeness (QED) is 0.304. The highest BCUT2D eigenvalue weighted by atomic mass is 127. The van der Waals surface area contributed by atoms with Crippen LogP contribution in [0.2, 0.25) is 0 Å². The van der Waals surface area contributed by atoms with Crippen LogP contribution in [0.3, 0.4) is 0 Å². The molecule has 3 rings (SSSR count). The van der Waals surface area contributed by atoms with Gasteiger partial charge in [0.05, 0.1) is 25.2 Å². The lowest BCUT2D eigenvalue weighted by Gasteiger charge is -2.21. The predicted octanol–water partition coefficient (Wildman–Crippen LogP) is 1.58. The number of aliphatic imine (C=N–C) groups is 1. The van der Waals surface area contributed by atoms with Crippen molar-refractivity contribution < 1.29 is 17.6 Å². The van der Waals surface area contributed by atoms with E-state index in [2.05, 4.69) is 15.6 Å². The smallest absolute Gasteiger partial charge is 0.211 e. The van der Waals surface area contributed by atoms with Crippen molar-refractivity contribution in [2.75, 3.05) is 39.0 Å². The molecule has 1 aromatic heterocycles. The van der Waals surface area contributed by atoms with Crippen LogP contribution in [0.25, 0.3) is 0 Å². The van der Waals surface area contributed by atoms with E-state index in [0.717, 1.165) is 44.5 Å². The van der Waals surface area contributed by atoms with Gasteiger partial charge in [-0.2, -0.15) is 4.31 Å². The van der Waals surface area contributed by atoms with Crippen molar-refractivity contribution >= 4 is 40.0 Å². The Hall–Kier alpha value is -0.850.